The highest BCUT2D eigenvalue weighted by molar-refractivity contribution is 6.35. The minimum Gasteiger partial charge on any atom is -0.386 e. The van der Waals surface area contributed by atoms with Crippen molar-refractivity contribution in [2.45, 2.75) is 44.2 Å². The predicted octanol–water partition coefficient (Wildman–Crippen LogP) is 4.28. The fraction of sp³-hybridized carbons (Fsp3) is 0.200. The summed E-state index contributed by atoms with van der Waals surface area (Å²) in [5.41, 5.74) is 1.31. The molecule has 0 N–H and O–H groups in total. The molecule has 0 unspecified atom stereocenters. The zero-order chi connectivity index (χ0) is 31.8. The summed E-state index contributed by atoms with van der Waals surface area (Å²) >= 11 is 0. The molecule has 1 fully saturated rings. The number of cyclic esters (lactones) is 2. The van der Waals surface area contributed by atoms with E-state index >= 15 is 0 Å². The predicted molar refractivity (Wildman–Crippen MR) is 158 cm³/mol. The maximum Gasteiger partial charge on any atom is 0.346 e. The Labute approximate surface area is 258 Å². The van der Waals surface area contributed by atoms with Gasteiger partial charge in [0.05, 0.1) is 29.6 Å². The molecule has 5 aliphatic rings. The first-order chi connectivity index (χ1) is 22.2. The van der Waals surface area contributed by atoms with Crippen molar-refractivity contribution >= 4 is 68.7 Å². The van der Waals surface area contributed by atoms with Crippen LogP contribution in [0.5, 0.6) is 0 Å². The standard InChI is InChI=1S/C35H20N2O9/c38-24-13-25(39)15-6-8-17-27-16(7-5-14(24)26(15)27)30(40)36(31(17)41)22-3-1-2-4-23(22)37-32(42)18-9-11-20-29-21(35(45)46-34(20)44)12-10-19(28(18)29)33(37)43/h5-12,22-23H,1-4,13H2/t22-,23-/m0/s1. The van der Waals surface area contributed by atoms with Gasteiger partial charge in [0.15, 0.2) is 11.6 Å². The van der Waals surface area contributed by atoms with E-state index in [0.717, 1.165) is 9.80 Å². The van der Waals surface area contributed by atoms with Crippen molar-refractivity contribution in [2.24, 2.45) is 0 Å². The van der Waals surface area contributed by atoms with Crippen LogP contribution in [0.2, 0.25) is 0 Å². The van der Waals surface area contributed by atoms with E-state index in [1.54, 1.807) is 0 Å². The van der Waals surface area contributed by atoms with Crippen LogP contribution in [0.25, 0.3) is 21.5 Å². The Morgan fingerprint density at radius 1 is 0.435 bits per heavy atom. The van der Waals surface area contributed by atoms with Crippen molar-refractivity contribution in [3.8, 4) is 0 Å². The normalized spacial score (nSPS) is 21.9. The monoisotopic (exact) mass is 612 g/mol. The highest BCUT2D eigenvalue weighted by atomic mass is 16.6. The van der Waals surface area contributed by atoms with Crippen LogP contribution in [0.1, 0.15) is 115 Å². The van der Waals surface area contributed by atoms with Crippen molar-refractivity contribution in [1.29, 1.82) is 0 Å². The van der Waals surface area contributed by atoms with E-state index in [1.807, 2.05) is 0 Å². The number of amides is 4. The van der Waals surface area contributed by atoms with E-state index in [9.17, 15) is 38.4 Å². The first kappa shape index (κ1) is 26.6. The molecule has 3 heterocycles. The van der Waals surface area contributed by atoms with Crippen molar-refractivity contribution in [2.75, 3.05) is 0 Å². The summed E-state index contributed by atoms with van der Waals surface area (Å²) in [5.74, 6) is -5.05. The second-order valence-corrected chi connectivity index (χ2v) is 12.2. The van der Waals surface area contributed by atoms with E-state index in [4.69, 9.17) is 4.74 Å². The van der Waals surface area contributed by atoms with Crippen LogP contribution in [0.3, 0.4) is 0 Å². The maximum absolute atomic E-state index is 14.2. The van der Waals surface area contributed by atoms with Gasteiger partial charge >= 0.3 is 11.9 Å². The molecule has 2 aliphatic carbocycles. The van der Waals surface area contributed by atoms with E-state index in [0.29, 0.717) is 31.1 Å². The first-order valence-electron chi connectivity index (χ1n) is 15.0. The number of Topliss-reactive ketones (excluding diaryl/α,β-unsaturated/α-hetero) is 2. The maximum atomic E-state index is 14.2. The number of ketones is 2. The minimum absolute atomic E-state index is 0.0755. The zero-order valence-corrected chi connectivity index (χ0v) is 23.9. The molecule has 0 radical (unpaired) electrons. The van der Waals surface area contributed by atoms with Crippen LogP contribution >= 0.6 is 0 Å². The van der Waals surface area contributed by atoms with Crippen molar-refractivity contribution in [1.82, 2.24) is 9.80 Å². The number of rotatable bonds is 2. The molecule has 4 aromatic rings. The van der Waals surface area contributed by atoms with Gasteiger partial charge in [0.2, 0.25) is 0 Å². The summed E-state index contributed by atoms with van der Waals surface area (Å²) in [5, 5.41) is 0.953. The van der Waals surface area contributed by atoms with E-state index in [-0.39, 0.29) is 78.7 Å². The Morgan fingerprint density at radius 2 is 0.739 bits per heavy atom. The molecule has 0 aromatic heterocycles. The average Bonchev–Trinajstić information content (AvgIpc) is 3.04. The number of hydrogen-bond donors (Lipinski definition) is 0. The third-order valence-electron chi connectivity index (χ3n) is 10.0. The lowest BCUT2D eigenvalue weighted by Gasteiger charge is -2.45. The number of benzene rings is 4. The largest absolute Gasteiger partial charge is 0.386 e. The number of nitrogens with zero attached hydrogens (tertiary/aromatic N) is 2. The Hall–Kier alpha value is -5.84. The van der Waals surface area contributed by atoms with Crippen LogP contribution in [0.15, 0.2) is 48.5 Å². The van der Waals surface area contributed by atoms with Crippen LogP contribution in [0.4, 0.5) is 0 Å². The summed E-state index contributed by atoms with van der Waals surface area (Å²) in [7, 11) is 0. The summed E-state index contributed by atoms with van der Waals surface area (Å²) in [4.78, 5) is 109. The second kappa shape index (κ2) is 8.87. The number of imide groups is 2. The second-order valence-electron chi connectivity index (χ2n) is 12.2. The van der Waals surface area contributed by atoms with Gasteiger partial charge in [-0.15, -0.1) is 0 Å². The molecule has 4 amide bonds. The molecule has 0 spiro atoms. The SMILES string of the molecule is O=C1CC(=O)c2ccc3c4c(ccc1c24)C(=O)N([C@H]1CCCC[C@@H]1N1C(=O)c2ccc4c5c(ccc(c25)C1=O)C(=O)OC4=O)C3=O. The topological polar surface area (TPSA) is 152 Å². The molecule has 1 saturated carbocycles. The van der Waals surface area contributed by atoms with Crippen molar-refractivity contribution < 1.29 is 43.1 Å². The fourth-order valence-electron chi connectivity index (χ4n) is 8.04. The van der Waals surface area contributed by atoms with Gasteiger partial charge in [-0.25, -0.2) is 9.59 Å². The Morgan fingerprint density at radius 3 is 1.13 bits per heavy atom. The molecule has 11 nitrogen and oxygen atoms in total. The van der Waals surface area contributed by atoms with Crippen LogP contribution < -0.4 is 0 Å². The molecular formula is C35H20N2O9. The van der Waals surface area contributed by atoms with Gasteiger partial charge in [0.1, 0.15) is 0 Å². The van der Waals surface area contributed by atoms with Crippen LogP contribution in [0, 0.1) is 0 Å². The smallest absolute Gasteiger partial charge is 0.346 e. The quantitative estimate of drug-likeness (QED) is 0.183. The molecule has 3 aliphatic heterocycles. The highest BCUT2D eigenvalue weighted by Gasteiger charge is 2.49. The number of hydrogen-bond acceptors (Lipinski definition) is 9. The van der Waals surface area contributed by atoms with Crippen molar-refractivity contribution in [3.63, 3.8) is 0 Å². The Bertz CT molecular complexity index is 2000. The van der Waals surface area contributed by atoms with Gasteiger partial charge in [0.25, 0.3) is 23.6 Å². The minimum atomic E-state index is -0.868. The Balaban J connectivity index is 1.16. The number of esters is 2. The lowest BCUT2D eigenvalue weighted by atomic mass is 9.80. The van der Waals surface area contributed by atoms with Gasteiger partial charge in [-0.1, -0.05) is 12.8 Å². The summed E-state index contributed by atoms with van der Waals surface area (Å²) in [6.07, 6.45) is 1.67. The van der Waals surface area contributed by atoms with Gasteiger partial charge < -0.3 is 4.74 Å². The lowest BCUT2D eigenvalue weighted by Crippen LogP contribution is -2.61. The fourth-order valence-corrected chi connectivity index (χ4v) is 8.04. The van der Waals surface area contributed by atoms with E-state index in [2.05, 4.69) is 0 Å². The third-order valence-corrected chi connectivity index (χ3v) is 10.0. The summed E-state index contributed by atoms with van der Waals surface area (Å²) in [6.45, 7) is 0. The molecule has 9 rings (SSSR count). The summed E-state index contributed by atoms with van der Waals surface area (Å²) in [6, 6.07) is 9.95. The molecular weight excluding hydrogens is 592 g/mol. The lowest BCUT2D eigenvalue weighted by molar-refractivity contribution is 0.0241. The van der Waals surface area contributed by atoms with Gasteiger partial charge in [-0.05, 0) is 61.4 Å². The average molecular weight is 613 g/mol. The van der Waals surface area contributed by atoms with Crippen LogP contribution in [-0.2, 0) is 4.74 Å². The highest BCUT2D eigenvalue weighted by Crippen LogP contribution is 2.43. The molecule has 4 aromatic carbocycles. The van der Waals surface area contributed by atoms with E-state index < -0.39 is 47.7 Å². The Kier molecular flexibility index (Phi) is 5.12. The molecule has 11 heteroatoms. The first-order valence-corrected chi connectivity index (χ1v) is 15.0. The number of ether oxygens (including phenoxy) is 1. The third kappa shape index (κ3) is 3.16. The van der Waals surface area contributed by atoms with Gasteiger partial charge in [-0.3, -0.25) is 38.6 Å². The zero-order valence-electron chi connectivity index (χ0n) is 23.9. The molecule has 0 bridgehead atoms. The van der Waals surface area contributed by atoms with Crippen LogP contribution in [-0.4, -0.2) is 69.0 Å². The molecule has 0 saturated heterocycles. The molecule has 2 atom stereocenters. The molecule has 224 valence electrons. The van der Waals surface area contributed by atoms with Gasteiger partial charge in [-0.2, -0.15) is 0 Å². The van der Waals surface area contributed by atoms with Crippen molar-refractivity contribution in [3.05, 3.63) is 93.0 Å². The summed E-state index contributed by atoms with van der Waals surface area (Å²) < 4.78 is 4.82. The van der Waals surface area contributed by atoms with Gasteiger partial charge in [0, 0.05) is 54.9 Å². The number of carbonyl (C=O) groups is 8. The molecule has 46 heavy (non-hydrogen) atoms. The van der Waals surface area contributed by atoms with E-state index in [1.165, 1.54) is 48.5 Å². The number of carbonyl (C=O) groups excluding carboxylic acids is 8.